The maximum atomic E-state index is 14.0. The topological polar surface area (TPSA) is 143 Å². The molecule has 2 amide bonds. The molecule has 6 aliphatic carbocycles. The van der Waals surface area contributed by atoms with Crippen LogP contribution < -0.4 is 10.6 Å². The van der Waals surface area contributed by atoms with Crippen LogP contribution in [0, 0.1) is 74.9 Å². The Hall–Kier alpha value is -3.36. The van der Waals surface area contributed by atoms with Crippen molar-refractivity contribution >= 4 is 29.4 Å². The molecule has 57 heavy (non-hydrogen) atoms. The van der Waals surface area contributed by atoms with E-state index in [9.17, 15) is 29.1 Å². The molecule has 0 aliphatic heterocycles. The van der Waals surface area contributed by atoms with E-state index in [0.29, 0.717) is 66.7 Å². The number of Topliss-reactive ketones (excluding diaryl/α,β-unsaturated/α-hetero) is 2. The Balaban J connectivity index is 1.06. The van der Waals surface area contributed by atoms with Crippen molar-refractivity contribution in [2.75, 3.05) is 6.54 Å². The van der Waals surface area contributed by atoms with Gasteiger partial charge in [0.2, 0.25) is 5.91 Å². The van der Waals surface area contributed by atoms with Gasteiger partial charge in [-0.25, -0.2) is 0 Å². The molecule has 1 aromatic heterocycles. The fourth-order valence-electron chi connectivity index (χ4n) is 14.7. The van der Waals surface area contributed by atoms with E-state index in [-0.39, 0.29) is 62.9 Å². The largest absolute Gasteiger partial charge is 0.481 e. The lowest BCUT2D eigenvalue weighted by Crippen LogP contribution is -2.62. The molecule has 1 aromatic rings. The van der Waals surface area contributed by atoms with Gasteiger partial charge in [-0.15, -0.1) is 0 Å². The zero-order valence-corrected chi connectivity index (χ0v) is 36.1. The number of rotatable bonds is 11. The number of carboxylic acid groups (broad SMARTS) is 1. The predicted molar refractivity (Wildman–Crippen MR) is 220 cm³/mol. The summed E-state index contributed by atoms with van der Waals surface area (Å²) in [5, 5.41) is 15.6. The second-order valence-corrected chi connectivity index (χ2v) is 21.5. The molecule has 7 rings (SSSR count). The van der Waals surface area contributed by atoms with Crippen molar-refractivity contribution in [1.29, 1.82) is 0 Å². The van der Waals surface area contributed by atoms with Crippen LogP contribution in [0.3, 0.4) is 0 Å². The van der Waals surface area contributed by atoms with Crippen LogP contribution in [-0.4, -0.2) is 51.5 Å². The minimum atomic E-state index is -1.12. The normalized spacial score (nSPS) is 38.2. The molecule has 5 saturated carbocycles. The first-order valence-electron chi connectivity index (χ1n) is 22.2. The molecule has 3 N–H and O–H groups in total. The van der Waals surface area contributed by atoms with Crippen LogP contribution in [0.4, 0.5) is 0 Å². The molecule has 11 unspecified atom stereocenters. The number of allylic oxidation sites excluding steroid dienone is 2. The van der Waals surface area contributed by atoms with Gasteiger partial charge in [0.15, 0.2) is 5.78 Å². The quantitative estimate of drug-likeness (QED) is 0.204. The third kappa shape index (κ3) is 6.82. The van der Waals surface area contributed by atoms with Gasteiger partial charge in [0, 0.05) is 43.1 Å². The maximum absolute atomic E-state index is 14.0. The molecule has 9 nitrogen and oxygen atoms in total. The van der Waals surface area contributed by atoms with Crippen molar-refractivity contribution in [1.82, 2.24) is 15.6 Å². The summed E-state index contributed by atoms with van der Waals surface area (Å²) in [6, 6.07) is 3.38. The number of nitrogens with zero attached hydrogens (tertiary/aromatic N) is 1. The summed E-state index contributed by atoms with van der Waals surface area (Å²) in [6.07, 6.45) is 14.2. The van der Waals surface area contributed by atoms with Gasteiger partial charge in [-0.3, -0.25) is 29.0 Å². The third-order valence-electron chi connectivity index (χ3n) is 17.7. The number of pyridine rings is 1. The number of nitrogens with one attached hydrogen (secondary N) is 2. The molecule has 312 valence electrons. The van der Waals surface area contributed by atoms with Gasteiger partial charge < -0.3 is 15.7 Å². The monoisotopic (exact) mass is 784 g/mol. The summed E-state index contributed by atoms with van der Waals surface area (Å²) < 4.78 is 0. The molecular weight excluding hydrogens is 715 g/mol. The van der Waals surface area contributed by atoms with Gasteiger partial charge in [-0.05, 0) is 153 Å². The lowest BCUT2D eigenvalue weighted by atomic mass is 9.35. The fraction of sp³-hybridized carbons (Fsp3) is 0.750. The number of aliphatic carboxylic acids is 1. The first-order valence-corrected chi connectivity index (χ1v) is 22.2. The molecule has 6 aliphatic rings. The zero-order chi connectivity index (χ0) is 41.5. The van der Waals surface area contributed by atoms with E-state index >= 15 is 0 Å². The lowest BCUT2D eigenvalue weighted by molar-refractivity contribution is -0.193. The number of carbonyl (C=O) groups excluding carboxylic acids is 4. The summed E-state index contributed by atoms with van der Waals surface area (Å²) in [6.45, 7) is 20.2. The summed E-state index contributed by atoms with van der Waals surface area (Å²) in [5.41, 5.74) is 1.88. The predicted octanol–water partition coefficient (Wildman–Crippen LogP) is 8.62. The molecule has 5 fully saturated rings. The highest BCUT2D eigenvalue weighted by atomic mass is 16.4. The summed E-state index contributed by atoms with van der Waals surface area (Å²) in [7, 11) is 0. The number of amides is 2. The van der Waals surface area contributed by atoms with Crippen LogP contribution in [-0.2, 0) is 19.2 Å². The second-order valence-electron chi connectivity index (χ2n) is 21.5. The third-order valence-corrected chi connectivity index (χ3v) is 17.7. The van der Waals surface area contributed by atoms with Crippen molar-refractivity contribution in [2.24, 2.45) is 74.9 Å². The Morgan fingerprint density at radius 3 is 2.32 bits per heavy atom. The van der Waals surface area contributed by atoms with E-state index < -0.39 is 11.5 Å². The van der Waals surface area contributed by atoms with Crippen molar-refractivity contribution in [2.45, 2.75) is 145 Å². The Bertz CT molecular complexity index is 1830. The van der Waals surface area contributed by atoms with Gasteiger partial charge in [0.05, 0.1) is 11.5 Å². The van der Waals surface area contributed by atoms with Crippen molar-refractivity contribution in [3.8, 4) is 0 Å². The number of hydrogen-bond acceptors (Lipinski definition) is 6. The number of carbonyl (C=O) groups is 5. The number of ketones is 2. The molecule has 0 radical (unpaired) electrons. The maximum Gasteiger partial charge on any atom is 0.306 e. The van der Waals surface area contributed by atoms with E-state index in [1.807, 2.05) is 6.92 Å². The summed E-state index contributed by atoms with van der Waals surface area (Å²) in [4.78, 5) is 69.7. The zero-order valence-electron chi connectivity index (χ0n) is 36.1. The average Bonchev–Trinajstić information content (AvgIpc) is 3.44. The second kappa shape index (κ2) is 14.7. The van der Waals surface area contributed by atoms with Gasteiger partial charge in [-0.2, -0.15) is 0 Å². The highest BCUT2D eigenvalue weighted by molar-refractivity contribution is 6.01. The van der Waals surface area contributed by atoms with Crippen LogP contribution in [0.15, 0.2) is 35.7 Å². The Kier molecular flexibility index (Phi) is 10.8. The molecule has 0 aromatic carbocycles. The minimum absolute atomic E-state index is 0.0213. The van der Waals surface area contributed by atoms with Crippen LogP contribution in [0.25, 0.3) is 0 Å². The van der Waals surface area contributed by atoms with E-state index in [0.717, 1.165) is 56.9 Å². The Morgan fingerprint density at radius 2 is 1.67 bits per heavy atom. The SMILES string of the molecule is CC(C)C1=C2C3CCC4C(C)(CCC5C(C)(C)C(CC(=O)C6CC(C(=O)O)C6C)CCC54C)C3CCC2(CCNC(=O)C(C)(C)NC(=O)c2cccnc2)CC1=O. The Morgan fingerprint density at radius 1 is 0.947 bits per heavy atom. The molecule has 0 bridgehead atoms. The lowest BCUT2D eigenvalue weighted by Gasteiger charge is -2.69. The van der Waals surface area contributed by atoms with Gasteiger partial charge in [0.1, 0.15) is 11.3 Å². The van der Waals surface area contributed by atoms with E-state index in [1.165, 1.54) is 18.2 Å². The number of carboxylic acids is 1. The summed E-state index contributed by atoms with van der Waals surface area (Å²) in [5.74, 6) is 1.12. The molecule has 1 heterocycles. The molecule has 0 saturated heterocycles. The van der Waals surface area contributed by atoms with Crippen LogP contribution in [0.5, 0.6) is 0 Å². The first kappa shape index (κ1) is 41.8. The van der Waals surface area contributed by atoms with E-state index in [1.54, 1.807) is 32.2 Å². The number of fused-ring (bicyclic) bond motifs is 7. The first-order chi connectivity index (χ1) is 26.7. The van der Waals surface area contributed by atoms with Crippen molar-refractivity contribution in [3.63, 3.8) is 0 Å². The van der Waals surface area contributed by atoms with Gasteiger partial charge >= 0.3 is 5.97 Å². The highest BCUT2D eigenvalue weighted by Gasteiger charge is 2.66. The fourth-order valence-corrected chi connectivity index (χ4v) is 14.7. The average molecular weight is 784 g/mol. The van der Waals surface area contributed by atoms with Gasteiger partial charge in [-0.1, -0.05) is 54.0 Å². The highest BCUT2D eigenvalue weighted by Crippen LogP contribution is 2.74. The molecule has 9 heteroatoms. The number of aromatic nitrogens is 1. The molecular formula is C48H69N3O6. The van der Waals surface area contributed by atoms with Crippen LogP contribution >= 0.6 is 0 Å². The van der Waals surface area contributed by atoms with Crippen LogP contribution in [0.2, 0.25) is 0 Å². The molecule has 11 atom stereocenters. The summed E-state index contributed by atoms with van der Waals surface area (Å²) >= 11 is 0. The number of hydrogen-bond donors (Lipinski definition) is 3. The Labute approximate surface area is 340 Å². The van der Waals surface area contributed by atoms with E-state index in [2.05, 4.69) is 57.2 Å². The van der Waals surface area contributed by atoms with Crippen LogP contribution in [0.1, 0.15) is 150 Å². The smallest absolute Gasteiger partial charge is 0.306 e. The van der Waals surface area contributed by atoms with Gasteiger partial charge in [0.25, 0.3) is 5.91 Å². The van der Waals surface area contributed by atoms with E-state index in [4.69, 9.17) is 0 Å². The molecule has 0 spiro atoms. The minimum Gasteiger partial charge on any atom is -0.481 e. The van der Waals surface area contributed by atoms with Crippen molar-refractivity contribution in [3.05, 3.63) is 41.2 Å². The van der Waals surface area contributed by atoms with Crippen molar-refractivity contribution < 1.29 is 29.1 Å². The standard InChI is InChI=1S/C48H69N3O6/c1-27(2)39-36(53)25-48(20-22-50-43(57)45(6,7)51-41(54)29-11-10-21-49-26-29)19-15-34-31(40(39)48)12-13-38-46(34,8)18-16-37-44(4,5)30(14-17-47(37,38)9)23-35(52)32-24-33(28(32)3)42(55)56/h10-11,21,26-28,30-34,37-38H,12-20,22-25H2,1-9H3,(H,50,57)(H,51,54)(H,55,56).